The zero-order valence-corrected chi connectivity index (χ0v) is 7.21. The Morgan fingerprint density at radius 1 is 1.73 bits per heavy atom. The highest BCUT2D eigenvalue weighted by atomic mass is 16.5. The topological polar surface area (TPSA) is 35.5 Å². The average Bonchev–Trinajstić information content (AvgIpc) is 2.43. The molecule has 0 aromatic heterocycles. The summed E-state index contributed by atoms with van der Waals surface area (Å²) in [6, 6.07) is 0. The average molecular weight is 160 g/mol. The van der Waals surface area contributed by atoms with Crippen LogP contribution in [-0.4, -0.2) is 25.8 Å². The predicted octanol–water partition coefficient (Wildman–Crippen LogP) is 1.36. The molecule has 3 heteroatoms. The molecule has 66 valence electrons. The van der Waals surface area contributed by atoms with Crippen molar-refractivity contribution in [2.45, 2.75) is 32.8 Å². The molecule has 0 amide bonds. The van der Waals surface area contributed by atoms with Crippen LogP contribution in [0.25, 0.3) is 0 Å². The third-order valence-electron chi connectivity index (χ3n) is 1.39. The van der Waals surface area contributed by atoms with Gasteiger partial charge in [-0.3, -0.25) is 4.79 Å². The van der Waals surface area contributed by atoms with Gasteiger partial charge >= 0.3 is 0 Å². The van der Waals surface area contributed by atoms with Gasteiger partial charge in [0.2, 0.25) is 0 Å². The molecule has 0 radical (unpaired) electrons. The van der Waals surface area contributed by atoms with Gasteiger partial charge in [0.1, 0.15) is 0 Å². The predicted molar refractivity (Wildman–Crippen MR) is 42.3 cm³/mol. The summed E-state index contributed by atoms with van der Waals surface area (Å²) in [5, 5.41) is 0. The number of carbonyl (C=O) groups is 1. The first-order valence-corrected chi connectivity index (χ1v) is 3.98. The quantitative estimate of drug-likeness (QED) is 0.572. The van der Waals surface area contributed by atoms with Gasteiger partial charge in [-0.25, -0.2) is 0 Å². The van der Waals surface area contributed by atoms with Crippen LogP contribution in [0.2, 0.25) is 0 Å². The van der Waals surface area contributed by atoms with Gasteiger partial charge in [-0.15, -0.1) is 0 Å². The first-order chi connectivity index (χ1) is 5.31. The molecule has 0 spiro atoms. The Labute approximate surface area is 67.7 Å². The van der Waals surface area contributed by atoms with E-state index in [1.54, 1.807) is 6.92 Å². The highest BCUT2D eigenvalue weighted by Gasteiger charge is 2.07. The van der Waals surface area contributed by atoms with Gasteiger partial charge in [-0.05, 0) is 26.7 Å². The standard InChI is InChI=1S/C5H10O.C3H6O2/c1-5-3-2-4-6-5;1-2-5-3-4/h5H,2-4H2,1H3;3H,2H2,1H3. The fourth-order valence-corrected chi connectivity index (χ4v) is 0.807. The molecular weight excluding hydrogens is 144 g/mol. The number of carbonyl (C=O) groups excluding carboxylic acids is 1. The molecule has 0 saturated carbocycles. The lowest BCUT2D eigenvalue weighted by molar-refractivity contribution is -0.128. The molecule has 1 aliphatic rings. The Kier molecular flexibility index (Phi) is 7.15. The van der Waals surface area contributed by atoms with Gasteiger partial charge in [-0.1, -0.05) is 0 Å². The first kappa shape index (κ1) is 10.4. The van der Waals surface area contributed by atoms with Crippen LogP contribution in [0, 0.1) is 0 Å². The number of hydrogen-bond acceptors (Lipinski definition) is 3. The van der Waals surface area contributed by atoms with Gasteiger partial charge in [-0.2, -0.15) is 0 Å². The van der Waals surface area contributed by atoms with Crippen LogP contribution in [0.4, 0.5) is 0 Å². The minimum atomic E-state index is 0.431. The second-order valence-electron chi connectivity index (χ2n) is 2.38. The Morgan fingerprint density at radius 2 is 2.45 bits per heavy atom. The highest BCUT2D eigenvalue weighted by Crippen LogP contribution is 2.09. The summed E-state index contributed by atoms with van der Waals surface area (Å²) in [6.07, 6.45) is 3.08. The molecule has 1 saturated heterocycles. The molecule has 0 aromatic rings. The largest absolute Gasteiger partial charge is 0.468 e. The van der Waals surface area contributed by atoms with Gasteiger partial charge in [0.15, 0.2) is 0 Å². The van der Waals surface area contributed by atoms with E-state index in [1.165, 1.54) is 12.8 Å². The van der Waals surface area contributed by atoms with Crippen molar-refractivity contribution in [3.8, 4) is 0 Å². The molecule has 1 aliphatic heterocycles. The molecule has 0 N–H and O–H groups in total. The summed E-state index contributed by atoms with van der Waals surface area (Å²) in [6.45, 7) is 5.77. The SMILES string of the molecule is CC1CCCO1.CCOC=O. The van der Waals surface area contributed by atoms with Gasteiger partial charge in [0.05, 0.1) is 12.7 Å². The van der Waals surface area contributed by atoms with E-state index >= 15 is 0 Å². The first-order valence-electron chi connectivity index (χ1n) is 3.98. The van der Waals surface area contributed by atoms with Crippen molar-refractivity contribution in [2.75, 3.05) is 13.2 Å². The molecule has 1 unspecified atom stereocenters. The van der Waals surface area contributed by atoms with E-state index in [9.17, 15) is 4.79 Å². The summed E-state index contributed by atoms with van der Waals surface area (Å²) in [5.74, 6) is 0. The maximum Gasteiger partial charge on any atom is 0.293 e. The second kappa shape index (κ2) is 7.54. The lowest BCUT2D eigenvalue weighted by atomic mass is 10.3. The summed E-state index contributed by atoms with van der Waals surface area (Å²) in [5.41, 5.74) is 0. The van der Waals surface area contributed by atoms with Crippen molar-refractivity contribution in [3.05, 3.63) is 0 Å². The molecule has 11 heavy (non-hydrogen) atoms. The monoisotopic (exact) mass is 160 g/mol. The van der Waals surface area contributed by atoms with Gasteiger partial charge in [0.25, 0.3) is 6.47 Å². The summed E-state index contributed by atoms with van der Waals surface area (Å²) in [7, 11) is 0. The van der Waals surface area contributed by atoms with Crippen LogP contribution in [0.1, 0.15) is 26.7 Å². The zero-order chi connectivity index (χ0) is 8.53. The van der Waals surface area contributed by atoms with E-state index in [0.717, 1.165) is 6.61 Å². The van der Waals surface area contributed by atoms with Crippen LogP contribution < -0.4 is 0 Å². The molecule has 1 rings (SSSR count). The molecule has 3 nitrogen and oxygen atoms in total. The van der Waals surface area contributed by atoms with Gasteiger partial charge < -0.3 is 9.47 Å². The van der Waals surface area contributed by atoms with Crippen molar-refractivity contribution < 1.29 is 14.3 Å². The van der Waals surface area contributed by atoms with Crippen LogP contribution >= 0.6 is 0 Å². The van der Waals surface area contributed by atoms with Crippen molar-refractivity contribution in [1.29, 1.82) is 0 Å². The fraction of sp³-hybridized carbons (Fsp3) is 0.875. The zero-order valence-electron chi connectivity index (χ0n) is 7.21. The number of hydrogen-bond donors (Lipinski definition) is 0. The summed E-state index contributed by atoms with van der Waals surface area (Å²) >= 11 is 0. The van der Waals surface area contributed by atoms with Crippen molar-refractivity contribution in [1.82, 2.24) is 0 Å². The third kappa shape index (κ3) is 7.33. The molecule has 1 fully saturated rings. The third-order valence-corrected chi connectivity index (χ3v) is 1.39. The van der Waals surface area contributed by atoms with Crippen molar-refractivity contribution in [2.24, 2.45) is 0 Å². The van der Waals surface area contributed by atoms with E-state index < -0.39 is 0 Å². The fourth-order valence-electron chi connectivity index (χ4n) is 0.807. The van der Waals surface area contributed by atoms with Gasteiger partial charge in [0, 0.05) is 6.61 Å². The van der Waals surface area contributed by atoms with Crippen LogP contribution in [-0.2, 0) is 14.3 Å². The summed E-state index contributed by atoms with van der Waals surface area (Å²) < 4.78 is 9.31. The normalized spacial score (nSPS) is 21.8. The molecule has 1 atom stereocenters. The summed E-state index contributed by atoms with van der Waals surface area (Å²) in [4.78, 5) is 9.18. The lowest BCUT2D eigenvalue weighted by Gasteiger charge is -1.94. The molecule has 0 bridgehead atoms. The number of rotatable bonds is 2. The molecule has 0 aromatic carbocycles. The van der Waals surface area contributed by atoms with E-state index in [4.69, 9.17) is 4.74 Å². The Bertz CT molecular complexity index is 87.3. The Morgan fingerprint density at radius 3 is 2.55 bits per heavy atom. The number of ether oxygens (including phenoxy) is 2. The maximum absolute atomic E-state index is 9.18. The maximum atomic E-state index is 9.18. The molecule has 1 heterocycles. The molecule has 0 aliphatic carbocycles. The minimum absolute atomic E-state index is 0.431. The Balaban J connectivity index is 0.000000187. The lowest BCUT2D eigenvalue weighted by Crippen LogP contribution is -1.94. The van der Waals surface area contributed by atoms with Crippen molar-refractivity contribution >= 4 is 6.47 Å². The second-order valence-corrected chi connectivity index (χ2v) is 2.38. The Hall–Kier alpha value is -0.570. The van der Waals surface area contributed by atoms with Crippen LogP contribution in [0.3, 0.4) is 0 Å². The van der Waals surface area contributed by atoms with E-state index in [0.29, 0.717) is 19.2 Å². The highest BCUT2D eigenvalue weighted by molar-refractivity contribution is 5.36. The van der Waals surface area contributed by atoms with Crippen LogP contribution in [0.15, 0.2) is 0 Å². The van der Waals surface area contributed by atoms with Crippen molar-refractivity contribution in [3.63, 3.8) is 0 Å². The van der Waals surface area contributed by atoms with E-state index in [1.807, 2.05) is 0 Å². The smallest absolute Gasteiger partial charge is 0.293 e. The molecular formula is C8H16O3. The minimum Gasteiger partial charge on any atom is -0.468 e. The van der Waals surface area contributed by atoms with E-state index in [2.05, 4.69) is 11.7 Å². The van der Waals surface area contributed by atoms with Crippen LogP contribution in [0.5, 0.6) is 0 Å². The van der Waals surface area contributed by atoms with E-state index in [-0.39, 0.29) is 0 Å².